The average molecular weight is 436 g/mol. The van der Waals surface area contributed by atoms with E-state index >= 15 is 0 Å². The fourth-order valence-corrected chi connectivity index (χ4v) is 3.69. The van der Waals surface area contributed by atoms with Crippen molar-refractivity contribution >= 4 is 34.5 Å². The molecule has 8 heteroatoms. The number of aromatic nitrogens is 2. The number of carboxylic acid groups (broad SMARTS) is 1. The number of fused-ring (bicyclic) bond motifs is 1. The molecule has 3 aromatic carbocycles. The SMILES string of the molecule is CNC(=O)c1ccc(-n2c(=O)n(Cc3cccc(C(=O)O)c3)c3ccc(Cl)cc32)cc1. The van der Waals surface area contributed by atoms with Gasteiger partial charge in [-0.15, -0.1) is 0 Å². The van der Waals surface area contributed by atoms with Gasteiger partial charge in [0.05, 0.1) is 28.8 Å². The molecule has 156 valence electrons. The van der Waals surface area contributed by atoms with Gasteiger partial charge >= 0.3 is 11.7 Å². The number of imidazole rings is 1. The summed E-state index contributed by atoms with van der Waals surface area (Å²) in [6.45, 7) is 0.196. The number of nitrogens with zero attached hydrogens (tertiary/aromatic N) is 2. The summed E-state index contributed by atoms with van der Waals surface area (Å²) >= 11 is 6.20. The molecule has 2 N–H and O–H groups in total. The highest BCUT2D eigenvalue weighted by Crippen LogP contribution is 2.23. The fourth-order valence-electron chi connectivity index (χ4n) is 3.52. The molecule has 0 atom stereocenters. The summed E-state index contributed by atoms with van der Waals surface area (Å²) in [6, 6.07) is 18.3. The molecule has 0 fully saturated rings. The van der Waals surface area contributed by atoms with Crippen LogP contribution in [0.3, 0.4) is 0 Å². The number of carbonyl (C=O) groups is 2. The molecule has 7 nitrogen and oxygen atoms in total. The number of hydrogen-bond acceptors (Lipinski definition) is 3. The topological polar surface area (TPSA) is 93.3 Å². The summed E-state index contributed by atoms with van der Waals surface area (Å²) in [5, 5.41) is 12.3. The van der Waals surface area contributed by atoms with E-state index in [4.69, 9.17) is 11.6 Å². The number of carboxylic acids is 1. The first-order valence-corrected chi connectivity index (χ1v) is 9.82. The van der Waals surface area contributed by atoms with Crippen LogP contribution in [-0.2, 0) is 6.54 Å². The van der Waals surface area contributed by atoms with Crippen molar-refractivity contribution in [2.24, 2.45) is 0 Å². The minimum absolute atomic E-state index is 0.155. The fraction of sp³-hybridized carbons (Fsp3) is 0.0870. The molecule has 0 bridgehead atoms. The van der Waals surface area contributed by atoms with Crippen LogP contribution < -0.4 is 11.0 Å². The molecule has 1 heterocycles. The maximum absolute atomic E-state index is 13.4. The Morgan fingerprint density at radius 1 is 0.968 bits per heavy atom. The second-order valence-electron chi connectivity index (χ2n) is 6.97. The summed E-state index contributed by atoms with van der Waals surface area (Å²) in [6.07, 6.45) is 0. The van der Waals surface area contributed by atoms with Crippen LogP contribution >= 0.6 is 11.6 Å². The number of carbonyl (C=O) groups excluding carboxylic acids is 1. The number of aromatic carboxylic acids is 1. The summed E-state index contributed by atoms with van der Waals surface area (Å²) in [5.41, 5.74) is 2.87. The van der Waals surface area contributed by atoms with Gasteiger partial charge < -0.3 is 10.4 Å². The van der Waals surface area contributed by atoms with Crippen molar-refractivity contribution in [2.45, 2.75) is 6.54 Å². The van der Waals surface area contributed by atoms with Gasteiger partial charge in [-0.25, -0.2) is 9.59 Å². The Kier molecular flexibility index (Phi) is 5.35. The van der Waals surface area contributed by atoms with Crippen molar-refractivity contribution in [1.82, 2.24) is 14.5 Å². The van der Waals surface area contributed by atoms with E-state index in [1.54, 1.807) is 72.3 Å². The third-order valence-corrected chi connectivity index (χ3v) is 5.26. The Bertz CT molecular complexity index is 1370. The average Bonchev–Trinajstić information content (AvgIpc) is 3.04. The van der Waals surface area contributed by atoms with Gasteiger partial charge in [-0.2, -0.15) is 0 Å². The van der Waals surface area contributed by atoms with Crippen molar-refractivity contribution in [2.75, 3.05) is 7.05 Å². The van der Waals surface area contributed by atoms with E-state index in [0.29, 0.717) is 32.9 Å². The van der Waals surface area contributed by atoms with E-state index < -0.39 is 5.97 Å². The molecule has 0 spiro atoms. The molecule has 1 amide bonds. The lowest BCUT2D eigenvalue weighted by Gasteiger charge is -2.06. The number of nitrogens with one attached hydrogen (secondary N) is 1. The predicted molar refractivity (Wildman–Crippen MR) is 118 cm³/mol. The number of halogens is 1. The summed E-state index contributed by atoms with van der Waals surface area (Å²) < 4.78 is 3.09. The smallest absolute Gasteiger partial charge is 0.335 e. The Hall–Kier alpha value is -3.84. The van der Waals surface area contributed by atoms with Crippen LogP contribution in [-0.4, -0.2) is 33.2 Å². The van der Waals surface area contributed by atoms with Gasteiger partial charge in [0.2, 0.25) is 0 Å². The lowest BCUT2D eigenvalue weighted by molar-refractivity contribution is 0.0696. The van der Waals surface area contributed by atoms with Crippen molar-refractivity contribution in [3.63, 3.8) is 0 Å². The molecule has 31 heavy (non-hydrogen) atoms. The molecule has 0 unspecified atom stereocenters. The molecule has 4 rings (SSSR count). The van der Waals surface area contributed by atoms with E-state index in [2.05, 4.69) is 5.32 Å². The van der Waals surface area contributed by atoms with Gasteiger partial charge in [0.1, 0.15) is 0 Å². The third-order valence-electron chi connectivity index (χ3n) is 5.02. The van der Waals surface area contributed by atoms with E-state index in [9.17, 15) is 19.5 Å². The van der Waals surface area contributed by atoms with Crippen molar-refractivity contribution in [1.29, 1.82) is 0 Å². The van der Waals surface area contributed by atoms with Crippen LogP contribution in [0.4, 0.5) is 0 Å². The number of hydrogen-bond donors (Lipinski definition) is 2. The minimum atomic E-state index is -1.03. The Labute approximate surface area is 182 Å². The van der Waals surface area contributed by atoms with Crippen LogP contribution in [0.15, 0.2) is 71.5 Å². The Morgan fingerprint density at radius 2 is 1.71 bits per heavy atom. The molecule has 0 saturated heterocycles. The predicted octanol–water partition coefficient (Wildman–Crippen LogP) is 3.55. The molecular formula is C23H18ClN3O4. The molecule has 0 saturated carbocycles. The van der Waals surface area contributed by atoms with Crippen molar-refractivity contribution < 1.29 is 14.7 Å². The maximum atomic E-state index is 13.4. The van der Waals surface area contributed by atoms with Crippen LogP contribution in [0.25, 0.3) is 16.7 Å². The van der Waals surface area contributed by atoms with Crippen molar-refractivity contribution in [3.05, 3.63) is 98.9 Å². The first-order valence-electron chi connectivity index (χ1n) is 9.44. The number of rotatable bonds is 5. The zero-order chi connectivity index (χ0) is 22.1. The molecule has 4 aromatic rings. The summed E-state index contributed by atoms with van der Waals surface area (Å²) in [5.74, 6) is -1.25. The van der Waals surface area contributed by atoms with Gasteiger partial charge in [-0.1, -0.05) is 23.7 Å². The normalized spacial score (nSPS) is 10.9. The van der Waals surface area contributed by atoms with Crippen LogP contribution in [0.1, 0.15) is 26.3 Å². The molecular weight excluding hydrogens is 418 g/mol. The van der Waals surface area contributed by atoms with E-state index in [-0.39, 0.29) is 23.7 Å². The maximum Gasteiger partial charge on any atom is 0.335 e. The largest absolute Gasteiger partial charge is 0.478 e. The zero-order valence-corrected chi connectivity index (χ0v) is 17.3. The minimum Gasteiger partial charge on any atom is -0.478 e. The van der Waals surface area contributed by atoms with E-state index in [1.165, 1.54) is 10.6 Å². The standard InChI is InChI=1S/C23H18ClN3O4/c1-25-21(28)15-5-8-18(9-6-15)27-20-12-17(24)7-10-19(20)26(23(27)31)13-14-3-2-4-16(11-14)22(29)30/h2-12H,13H2,1H3,(H,25,28)(H,29,30). The van der Waals surface area contributed by atoms with E-state index in [1.807, 2.05) is 0 Å². The molecule has 0 radical (unpaired) electrons. The Balaban J connectivity index is 1.86. The molecule has 1 aromatic heterocycles. The van der Waals surface area contributed by atoms with Gasteiger partial charge in [0.15, 0.2) is 0 Å². The van der Waals surface area contributed by atoms with Crippen LogP contribution in [0.5, 0.6) is 0 Å². The number of benzene rings is 3. The second kappa shape index (κ2) is 8.12. The lowest BCUT2D eigenvalue weighted by atomic mass is 10.1. The van der Waals surface area contributed by atoms with Gasteiger partial charge in [-0.05, 0) is 60.2 Å². The zero-order valence-electron chi connectivity index (χ0n) is 16.5. The highest BCUT2D eigenvalue weighted by Gasteiger charge is 2.16. The molecule has 0 aliphatic heterocycles. The molecule has 0 aliphatic carbocycles. The first kappa shape index (κ1) is 20.4. The number of amides is 1. The van der Waals surface area contributed by atoms with E-state index in [0.717, 1.165) is 0 Å². The monoisotopic (exact) mass is 435 g/mol. The molecule has 0 aliphatic rings. The second-order valence-corrected chi connectivity index (χ2v) is 7.41. The quantitative estimate of drug-likeness (QED) is 0.501. The Morgan fingerprint density at radius 3 is 2.39 bits per heavy atom. The van der Waals surface area contributed by atoms with Crippen molar-refractivity contribution in [3.8, 4) is 5.69 Å². The highest BCUT2D eigenvalue weighted by atomic mass is 35.5. The van der Waals surface area contributed by atoms with Gasteiger partial charge in [0.25, 0.3) is 5.91 Å². The van der Waals surface area contributed by atoms with Gasteiger partial charge in [-0.3, -0.25) is 13.9 Å². The highest BCUT2D eigenvalue weighted by molar-refractivity contribution is 6.31. The lowest BCUT2D eigenvalue weighted by Crippen LogP contribution is -2.24. The third kappa shape index (κ3) is 3.83. The van der Waals surface area contributed by atoms with Gasteiger partial charge in [0, 0.05) is 17.6 Å². The van der Waals surface area contributed by atoms with Crippen LogP contribution in [0, 0.1) is 0 Å². The first-order chi connectivity index (χ1) is 14.9. The summed E-state index contributed by atoms with van der Waals surface area (Å²) in [4.78, 5) is 36.5. The van der Waals surface area contributed by atoms with Crippen LogP contribution in [0.2, 0.25) is 5.02 Å². The summed E-state index contributed by atoms with van der Waals surface area (Å²) in [7, 11) is 1.55.